The number of carbonyl (C=O) groups is 3. The number of carboxylic acids is 1. The van der Waals surface area contributed by atoms with Gasteiger partial charge in [-0.2, -0.15) is 0 Å². The van der Waals surface area contributed by atoms with Crippen molar-refractivity contribution in [1.82, 2.24) is 10.6 Å². The highest BCUT2D eigenvalue weighted by Gasteiger charge is 2.35. The Labute approximate surface area is 179 Å². The molecule has 8 nitrogen and oxygen atoms in total. The summed E-state index contributed by atoms with van der Waals surface area (Å²) in [7, 11) is 0. The second kappa shape index (κ2) is 9.18. The number of carbonyl (C=O) groups excluding carboxylic acids is 2. The lowest BCUT2D eigenvalue weighted by atomic mass is 9.98. The molecule has 1 fully saturated rings. The van der Waals surface area contributed by atoms with E-state index in [1.807, 2.05) is 36.4 Å². The summed E-state index contributed by atoms with van der Waals surface area (Å²) in [5, 5.41) is 14.3. The highest BCUT2D eigenvalue weighted by Crippen LogP contribution is 2.44. The average Bonchev–Trinajstić information content (AvgIpc) is 3.35. The van der Waals surface area contributed by atoms with Crippen molar-refractivity contribution in [2.24, 2.45) is 0 Å². The molecular formula is C23H24N2O6. The minimum Gasteiger partial charge on any atom is -0.479 e. The predicted molar refractivity (Wildman–Crippen MR) is 112 cm³/mol. The summed E-state index contributed by atoms with van der Waals surface area (Å²) in [6, 6.07) is 15.6. The van der Waals surface area contributed by atoms with E-state index in [1.54, 1.807) is 0 Å². The molecule has 0 spiro atoms. The van der Waals surface area contributed by atoms with Crippen molar-refractivity contribution in [3.05, 3.63) is 59.7 Å². The lowest BCUT2D eigenvalue weighted by molar-refractivity contribution is -0.148. The van der Waals surface area contributed by atoms with Crippen LogP contribution in [0.3, 0.4) is 0 Å². The summed E-state index contributed by atoms with van der Waals surface area (Å²) in [4.78, 5) is 35.2. The predicted octanol–water partition coefficient (Wildman–Crippen LogP) is 2.27. The summed E-state index contributed by atoms with van der Waals surface area (Å²) >= 11 is 0. The topological polar surface area (TPSA) is 114 Å². The Morgan fingerprint density at radius 2 is 1.68 bits per heavy atom. The molecule has 2 amide bonds. The van der Waals surface area contributed by atoms with Crippen molar-refractivity contribution in [3.63, 3.8) is 0 Å². The van der Waals surface area contributed by atoms with Gasteiger partial charge >= 0.3 is 12.1 Å². The molecule has 1 saturated heterocycles. The van der Waals surface area contributed by atoms with E-state index in [4.69, 9.17) is 14.6 Å². The smallest absolute Gasteiger partial charge is 0.407 e. The molecule has 2 aliphatic rings. The maximum atomic E-state index is 12.1. The van der Waals surface area contributed by atoms with Crippen molar-refractivity contribution in [3.8, 4) is 11.1 Å². The molecule has 2 unspecified atom stereocenters. The maximum absolute atomic E-state index is 12.1. The van der Waals surface area contributed by atoms with Gasteiger partial charge < -0.3 is 25.2 Å². The largest absolute Gasteiger partial charge is 0.479 e. The van der Waals surface area contributed by atoms with Crippen LogP contribution in [0.2, 0.25) is 0 Å². The summed E-state index contributed by atoms with van der Waals surface area (Å²) in [6.45, 7) is 0.583. The first-order valence-corrected chi connectivity index (χ1v) is 10.3. The summed E-state index contributed by atoms with van der Waals surface area (Å²) in [5.74, 6) is -1.47. The maximum Gasteiger partial charge on any atom is 0.407 e. The molecule has 2 aromatic rings. The third-order valence-corrected chi connectivity index (χ3v) is 5.65. The monoisotopic (exact) mass is 424 g/mol. The Bertz CT molecular complexity index is 946. The average molecular weight is 424 g/mol. The minimum absolute atomic E-state index is 0.0209. The van der Waals surface area contributed by atoms with Gasteiger partial charge in [0.05, 0.1) is 6.04 Å². The first-order valence-electron chi connectivity index (χ1n) is 10.3. The van der Waals surface area contributed by atoms with E-state index in [-0.39, 0.29) is 31.4 Å². The molecule has 31 heavy (non-hydrogen) atoms. The minimum atomic E-state index is -1.10. The number of carboxylic acid groups (broad SMARTS) is 1. The molecule has 3 N–H and O–H groups in total. The standard InChI is InChI=1S/C23H24N2O6/c26-20(25-19-10-12-30-21(19)22(27)28)9-11-24-23(29)31-13-18-16-7-3-1-5-14(16)15-6-2-4-8-17(15)18/h1-8,18-19,21H,9-13H2,(H,24,29)(H,25,26)(H,27,28). The first kappa shape index (κ1) is 20.9. The Morgan fingerprint density at radius 1 is 1.03 bits per heavy atom. The van der Waals surface area contributed by atoms with Crippen molar-refractivity contribution in [2.75, 3.05) is 19.8 Å². The Morgan fingerprint density at radius 3 is 2.32 bits per heavy atom. The van der Waals surface area contributed by atoms with Gasteiger partial charge in [-0.3, -0.25) is 4.79 Å². The molecule has 1 aliphatic carbocycles. The highest BCUT2D eigenvalue weighted by atomic mass is 16.5. The fourth-order valence-corrected chi connectivity index (χ4v) is 4.19. The number of hydrogen-bond acceptors (Lipinski definition) is 5. The van der Waals surface area contributed by atoms with Gasteiger partial charge in [0.25, 0.3) is 0 Å². The van der Waals surface area contributed by atoms with E-state index in [0.29, 0.717) is 13.0 Å². The van der Waals surface area contributed by atoms with Crippen LogP contribution >= 0.6 is 0 Å². The zero-order chi connectivity index (χ0) is 21.8. The Balaban J connectivity index is 1.24. The fraction of sp³-hybridized carbons (Fsp3) is 0.348. The lowest BCUT2D eigenvalue weighted by Crippen LogP contribution is -2.44. The van der Waals surface area contributed by atoms with Gasteiger partial charge in [-0.05, 0) is 28.7 Å². The van der Waals surface area contributed by atoms with Crippen LogP contribution in [-0.4, -0.2) is 55.0 Å². The van der Waals surface area contributed by atoms with Crippen molar-refractivity contribution in [1.29, 1.82) is 0 Å². The molecule has 2 aromatic carbocycles. The van der Waals surface area contributed by atoms with Crippen LogP contribution in [0.5, 0.6) is 0 Å². The number of fused-ring (bicyclic) bond motifs is 3. The van der Waals surface area contributed by atoms with Crippen molar-refractivity contribution >= 4 is 18.0 Å². The number of benzene rings is 2. The summed E-state index contributed by atoms with van der Waals surface area (Å²) in [5.41, 5.74) is 4.56. The van der Waals surface area contributed by atoms with Crippen LogP contribution in [0.1, 0.15) is 29.9 Å². The van der Waals surface area contributed by atoms with Gasteiger partial charge in [-0.15, -0.1) is 0 Å². The van der Waals surface area contributed by atoms with Crippen LogP contribution in [0.25, 0.3) is 11.1 Å². The SMILES string of the molecule is O=C(CCNC(=O)OCC1c2ccccc2-c2ccccc21)NC1CCOC1C(=O)O. The number of rotatable bonds is 7. The van der Waals surface area contributed by atoms with E-state index in [0.717, 1.165) is 22.3 Å². The highest BCUT2D eigenvalue weighted by molar-refractivity contribution is 5.80. The van der Waals surface area contributed by atoms with E-state index in [2.05, 4.69) is 22.8 Å². The van der Waals surface area contributed by atoms with Crippen LogP contribution in [0, 0.1) is 0 Å². The van der Waals surface area contributed by atoms with Crippen LogP contribution in [-0.2, 0) is 19.1 Å². The number of aliphatic carboxylic acids is 1. The van der Waals surface area contributed by atoms with Crippen LogP contribution in [0.4, 0.5) is 4.79 Å². The number of amides is 2. The summed E-state index contributed by atoms with van der Waals surface area (Å²) in [6.07, 6.45) is -1.16. The summed E-state index contributed by atoms with van der Waals surface area (Å²) < 4.78 is 10.5. The number of ether oxygens (including phenoxy) is 2. The van der Waals surface area contributed by atoms with Gasteiger partial charge in [-0.1, -0.05) is 48.5 Å². The van der Waals surface area contributed by atoms with Crippen molar-refractivity contribution < 1.29 is 29.0 Å². The molecule has 2 atom stereocenters. The number of alkyl carbamates (subject to hydrolysis) is 1. The molecule has 0 bridgehead atoms. The number of hydrogen-bond donors (Lipinski definition) is 3. The zero-order valence-electron chi connectivity index (χ0n) is 16.9. The van der Waals surface area contributed by atoms with Crippen molar-refractivity contribution in [2.45, 2.75) is 30.9 Å². The molecule has 162 valence electrons. The normalized spacial score (nSPS) is 19.4. The second-order valence-corrected chi connectivity index (χ2v) is 7.59. The van der Waals surface area contributed by atoms with Gasteiger partial charge in [0.15, 0.2) is 6.10 Å². The quantitative estimate of drug-likeness (QED) is 0.628. The zero-order valence-corrected chi connectivity index (χ0v) is 16.9. The van der Waals surface area contributed by atoms with E-state index >= 15 is 0 Å². The molecule has 0 aromatic heterocycles. The van der Waals surface area contributed by atoms with Gasteiger partial charge in [0, 0.05) is 25.5 Å². The molecule has 0 radical (unpaired) electrons. The van der Waals surface area contributed by atoms with Gasteiger partial charge in [0.1, 0.15) is 6.61 Å². The van der Waals surface area contributed by atoms with Crippen LogP contribution < -0.4 is 10.6 Å². The molecule has 1 aliphatic heterocycles. The molecule has 8 heteroatoms. The Kier molecular flexibility index (Phi) is 6.18. The molecule has 1 heterocycles. The number of nitrogens with one attached hydrogen (secondary N) is 2. The molecular weight excluding hydrogens is 400 g/mol. The van der Waals surface area contributed by atoms with E-state index in [9.17, 15) is 14.4 Å². The third-order valence-electron chi connectivity index (χ3n) is 5.65. The molecule has 4 rings (SSSR count). The fourth-order valence-electron chi connectivity index (χ4n) is 4.19. The van der Waals surface area contributed by atoms with Crippen LogP contribution in [0.15, 0.2) is 48.5 Å². The van der Waals surface area contributed by atoms with E-state index in [1.165, 1.54) is 0 Å². The van der Waals surface area contributed by atoms with Gasteiger partial charge in [-0.25, -0.2) is 9.59 Å². The molecule has 0 saturated carbocycles. The van der Waals surface area contributed by atoms with E-state index < -0.39 is 24.2 Å². The third kappa shape index (κ3) is 4.54. The van der Waals surface area contributed by atoms with Gasteiger partial charge in [0.2, 0.25) is 5.91 Å². The second-order valence-electron chi connectivity index (χ2n) is 7.59. The lowest BCUT2D eigenvalue weighted by Gasteiger charge is -2.16. The Hall–Kier alpha value is -3.39. The first-order chi connectivity index (χ1) is 15.0.